The molecule has 2 aromatic heterocycles. The lowest BCUT2D eigenvalue weighted by Crippen LogP contribution is -2.34. The SMILES string of the molecule is CC/C(N)=C/N(CCOc1ccc(OC2CCNCC2)cc1)C(C)c1cc2ccsc2n1C. The highest BCUT2D eigenvalue weighted by Gasteiger charge is 2.19. The molecule has 3 heterocycles. The van der Waals surface area contributed by atoms with Gasteiger partial charge in [0.05, 0.1) is 12.6 Å². The van der Waals surface area contributed by atoms with Crippen LogP contribution in [0.4, 0.5) is 0 Å². The van der Waals surface area contributed by atoms with E-state index in [4.69, 9.17) is 15.2 Å². The average molecular weight is 469 g/mol. The third-order valence-electron chi connectivity index (χ3n) is 6.37. The number of nitrogens with zero attached hydrogens (tertiary/aromatic N) is 2. The minimum Gasteiger partial charge on any atom is -0.492 e. The van der Waals surface area contributed by atoms with Crippen LogP contribution in [0.3, 0.4) is 0 Å². The summed E-state index contributed by atoms with van der Waals surface area (Å²) in [6.45, 7) is 7.68. The van der Waals surface area contributed by atoms with E-state index in [9.17, 15) is 0 Å². The van der Waals surface area contributed by atoms with Crippen LogP contribution in [0.25, 0.3) is 10.2 Å². The Bertz CT molecular complexity index is 1050. The minimum absolute atomic E-state index is 0.184. The Hall–Kier alpha value is -2.64. The van der Waals surface area contributed by atoms with Gasteiger partial charge >= 0.3 is 0 Å². The van der Waals surface area contributed by atoms with E-state index in [2.05, 4.69) is 59.4 Å². The van der Waals surface area contributed by atoms with Crippen LogP contribution in [0.2, 0.25) is 0 Å². The third kappa shape index (κ3) is 5.84. The average Bonchev–Trinajstić information content (AvgIpc) is 3.42. The lowest BCUT2D eigenvalue weighted by atomic mass is 10.1. The number of aromatic nitrogens is 1. The number of hydrogen-bond acceptors (Lipinski definition) is 6. The molecular formula is C26H36N4O2S. The van der Waals surface area contributed by atoms with Crippen LogP contribution in [0.1, 0.15) is 44.8 Å². The number of hydrogen-bond donors (Lipinski definition) is 2. The van der Waals surface area contributed by atoms with Gasteiger partial charge in [0, 0.05) is 30.0 Å². The summed E-state index contributed by atoms with van der Waals surface area (Å²) in [6.07, 6.45) is 5.31. The van der Waals surface area contributed by atoms with Gasteiger partial charge in [0.2, 0.25) is 0 Å². The molecule has 1 saturated heterocycles. The zero-order valence-electron chi connectivity index (χ0n) is 19.9. The first-order valence-electron chi connectivity index (χ1n) is 11.9. The van der Waals surface area contributed by atoms with Gasteiger partial charge in [0.25, 0.3) is 0 Å². The van der Waals surface area contributed by atoms with E-state index < -0.39 is 0 Å². The first kappa shape index (κ1) is 23.5. The number of nitrogens with two attached hydrogens (primary N) is 1. The van der Waals surface area contributed by atoms with Crippen molar-refractivity contribution in [2.75, 3.05) is 26.2 Å². The molecule has 1 unspecified atom stereocenters. The van der Waals surface area contributed by atoms with Crippen molar-refractivity contribution in [2.24, 2.45) is 12.8 Å². The number of piperidine rings is 1. The van der Waals surface area contributed by atoms with Crippen LogP contribution >= 0.6 is 11.3 Å². The van der Waals surface area contributed by atoms with E-state index in [0.29, 0.717) is 12.7 Å². The predicted molar refractivity (Wildman–Crippen MR) is 137 cm³/mol. The van der Waals surface area contributed by atoms with Crippen molar-refractivity contribution in [3.63, 3.8) is 0 Å². The third-order valence-corrected chi connectivity index (χ3v) is 7.37. The van der Waals surface area contributed by atoms with Crippen LogP contribution in [0.15, 0.2) is 53.7 Å². The van der Waals surface area contributed by atoms with E-state index in [1.54, 1.807) is 11.3 Å². The summed E-state index contributed by atoms with van der Waals surface area (Å²) in [5.74, 6) is 1.76. The van der Waals surface area contributed by atoms with Crippen molar-refractivity contribution in [2.45, 2.75) is 45.3 Å². The van der Waals surface area contributed by atoms with Gasteiger partial charge in [-0.25, -0.2) is 0 Å². The molecule has 0 spiro atoms. The van der Waals surface area contributed by atoms with Gasteiger partial charge in [-0.15, -0.1) is 11.3 Å². The van der Waals surface area contributed by atoms with Gasteiger partial charge in [-0.3, -0.25) is 0 Å². The number of aryl methyl sites for hydroxylation is 1. The maximum atomic E-state index is 6.22. The lowest BCUT2D eigenvalue weighted by molar-refractivity contribution is 0.162. The molecule has 1 aromatic carbocycles. The summed E-state index contributed by atoms with van der Waals surface area (Å²) in [6, 6.07) is 12.6. The molecule has 7 heteroatoms. The van der Waals surface area contributed by atoms with E-state index in [1.807, 2.05) is 24.3 Å². The van der Waals surface area contributed by atoms with Crippen LogP contribution in [-0.4, -0.2) is 41.8 Å². The Morgan fingerprint density at radius 3 is 2.67 bits per heavy atom. The number of benzene rings is 1. The van der Waals surface area contributed by atoms with Gasteiger partial charge in [-0.2, -0.15) is 0 Å². The van der Waals surface area contributed by atoms with E-state index in [-0.39, 0.29) is 6.04 Å². The highest BCUT2D eigenvalue weighted by Crippen LogP contribution is 2.30. The molecule has 3 N–H and O–H groups in total. The van der Waals surface area contributed by atoms with E-state index in [0.717, 1.165) is 56.1 Å². The molecule has 1 aliphatic rings. The number of allylic oxidation sites excluding steroid dienone is 1. The lowest BCUT2D eigenvalue weighted by Gasteiger charge is -2.29. The molecule has 0 saturated carbocycles. The Labute approximate surface area is 201 Å². The summed E-state index contributed by atoms with van der Waals surface area (Å²) in [5, 5.41) is 6.80. The molecular weight excluding hydrogens is 432 g/mol. The van der Waals surface area contributed by atoms with Crippen LogP contribution in [0, 0.1) is 0 Å². The van der Waals surface area contributed by atoms with E-state index >= 15 is 0 Å². The van der Waals surface area contributed by atoms with Crippen molar-refractivity contribution in [1.82, 2.24) is 14.8 Å². The fraction of sp³-hybridized carbons (Fsp3) is 0.462. The normalized spacial score (nSPS) is 16.2. The number of rotatable bonds is 10. The summed E-state index contributed by atoms with van der Waals surface area (Å²) < 4.78 is 14.5. The number of nitrogens with one attached hydrogen (secondary N) is 1. The molecule has 0 amide bonds. The molecule has 0 bridgehead atoms. The van der Waals surface area contributed by atoms with Crippen molar-refractivity contribution in [3.05, 3.63) is 59.4 Å². The summed E-state index contributed by atoms with van der Waals surface area (Å²) in [7, 11) is 2.14. The van der Waals surface area contributed by atoms with Crippen molar-refractivity contribution < 1.29 is 9.47 Å². The van der Waals surface area contributed by atoms with Gasteiger partial charge in [0.1, 0.15) is 29.0 Å². The van der Waals surface area contributed by atoms with Crippen LogP contribution in [-0.2, 0) is 7.05 Å². The summed E-state index contributed by atoms with van der Waals surface area (Å²) in [4.78, 5) is 3.58. The quantitative estimate of drug-likeness (QED) is 0.437. The standard InChI is InChI=1S/C26H36N4O2S/c1-4-21(27)18-30(19(2)25-17-20-11-16-33-26(20)29(25)3)14-15-31-22-5-7-23(8-6-22)32-24-9-12-28-13-10-24/h5-8,11,16-19,24,28H,4,9-10,12-15,27H2,1-3H3/b21-18-. The predicted octanol–water partition coefficient (Wildman–Crippen LogP) is 5.02. The van der Waals surface area contributed by atoms with Gasteiger partial charge in [-0.1, -0.05) is 6.92 Å². The second-order valence-electron chi connectivity index (χ2n) is 8.67. The van der Waals surface area contributed by atoms with Crippen molar-refractivity contribution >= 4 is 21.6 Å². The smallest absolute Gasteiger partial charge is 0.119 e. The molecule has 6 nitrogen and oxygen atoms in total. The summed E-state index contributed by atoms with van der Waals surface area (Å²) in [5.41, 5.74) is 8.36. The first-order chi connectivity index (χ1) is 16.0. The molecule has 4 rings (SSSR count). The number of fused-ring (bicyclic) bond motifs is 1. The van der Waals surface area contributed by atoms with Crippen molar-refractivity contribution in [3.8, 4) is 11.5 Å². The Morgan fingerprint density at radius 2 is 1.97 bits per heavy atom. The fourth-order valence-electron chi connectivity index (χ4n) is 4.30. The Kier molecular flexibility index (Phi) is 7.83. The number of ether oxygens (including phenoxy) is 2. The monoisotopic (exact) mass is 468 g/mol. The van der Waals surface area contributed by atoms with Crippen molar-refractivity contribution in [1.29, 1.82) is 0 Å². The highest BCUT2D eigenvalue weighted by molar-refractivity contribution is 7.16. The highest BCUT2D eigenvalue weighted by atomic mass is 32.1. The molecule has 1 atom stereocenters. The maximum Gasteiger partial charge on any atom is 0.119 e. The zero-order valence-corrected chi connectivity index (χ0v) is 20.7. The maximum absolute atomic E-state index is 6.22. The molecule has 3 aromatic rings. The largest absolute Gasteiger partial charge is 0.492 e. The molecule has 1 fully saturated rings. The fourth-order valence-corrected chi connectivity index (χ4v) is 5.17. The van der Waals surface area contributed by atoms with Gasteiger partial charge in [-0.05, 0) is 81.1 Å². The molecule has 1 aliphatic heterocycles. The summed E-state index contributed by atoms with van der Waals surface area (Å²) >= 11 is 1.78. The topological polar surface area (TPSA) is 64.7 Å². The number of thiophene rings is 1. The Morgan fingerprint density at radius 1 is 1.24 bits per heavy atom. The Balaban J connectivity index is 1.37. The molecule has 178 valence electrons. The second-order valence-corrected chi connectivity index (χ2v) is 9.56. The van der Waals surface area contributed by atoms with Gasteiger partial charge in [0.15, 0.2) is 0 Å². The molecule has 0 radical (unpaired) electrons. The van der Waals surface area contributed by atoms with Gasteiger partial charge < -0.3 is 30.0 Å². The first-order valence-corrected chi connectivity index (χ1v) is 12.8. The second kappa shape index (κ2) is 11.0. The van der Waals surface area contributed by atoms with Crippen LogP contribution in [0.5, 0.6) is 11.5 Å². The minimum atomic E-state index is 0.184. The molecule has 33 heavy (non-hydrogen) atoms. The zero-order chi connectivity index (χ0) is 23.2. The van der Waals surface area contributed by atoms with Crippen LogP contribution < -0.4 is 20.5 Å². The molecule has 0 aliphatic carbocycles. The van der Waals surface area contributed by atoms with E-state index in [1.165, 1.54) is 15.9 Å².